The molecular weight excluding hydrogens is 755 g/mol. The minimum Gasteiger partial charge on any atom is -0.466 e. The van der Waals surface area contributed by atoms with E-state index in [0.717, 1.165) is 70.6 Å². The standard InChI is InChI=1S/C55H105NO5/c1-3-5-7-9-11-13-15-17-19-21-23-25-27-29-33-37-41-45-49-55(60)61-50-46-42-38-34-30-32-36-40-44-48-54(59)56-52(51-57)53(58)47-43-39-35-31-28-26-24-22-20-18-16-14-12-10-8-6-4-2/h32,36,43,47,52-53,57-58H,3-31,33-35,37-42,44-46,48-51H2,1-2H3,(H,56,59)/b36-32-,47-43+. The molecule has 0 aromatic carbocycles. The molecule has 0 fully saturated rings. The molecule has 0 rings (SSSR count). The van der Waals surface area contributed by atoms with Gasteiger partial charge in [-0.25, -0.2) is 0 Å². The molecule has 3 N–H and O–H groups in total. The van der Waals surface area contributed by atoms with Crippen LogP contribution in [-0.4, -0.2) is 47.4 Å². The second kappa shape index (κ2) is 51.0. The molecule has 0 aliphatic heterocycles. The summed E-state index contributed by atoms with van der Waals surface area (Å²) in [6, 6.07) is -0.665. The normalized spacial score (nSPS) is 12.8. The fourth-order valence-electron chi connectivity index (χ4n) is 8.28. The van der Waals surface area contributed by atoms with Gasteiger partial charge in [-0.05, 0) is 51.4 Å². The molecule has 0 aromatic heterocycles. The Kier molecular flexibility index (Phi) is 49.6. The van der Waals surface area contributed by atoms with Crippen LogP contribution >= 0.6 is 0 Å². The Hall–Kier alpha value is -1.66. The van der Waals surface area contributed by atoms with E-state index in [4.69, 9.17) is 4.74 Å². The van der Waals surface area contributed by atoms with Gasteiger partial charge in [-0.15, -0.1) is 0 Å². The van der Waals surface area contributed by atoms with Crippen LogP contribution in [0.4, 0.5) is 0 Å². The van der Waals surface area contributed by atoms with E-state index in [1.165, 1.54) is 193 Å². The van der Waals surface area contributed by atoms with Crippen molar-refractivity contribution >= 4 is 11.9 Å². The third-order valence-corrected chi connectivity index (χ3v) is 12.5. The molecule has 0 aliphatic carbocycles. The van der Waals surface area contributed by atoms with Gasteiger partial charge in [0, 0.05) is 12.8 Å². The molecule has 0 heterocycles. The number of carbonyl (C=O) groups excluding carboxylic acids is 2. The number of ether oxygens (including phenoxy) is 1. The van der Waals surface area contributed by atoms with Gasteiger partial charge >= 0.3 is 5.97 Å². The molecule has 2 unspecified atom stereocenters. The van der Waals surface area contributed by atoms with Crippen molar-refractivity contribution in [1.29, 1.82) is 0 Å². The van der Waals surface area contributed by atoms with Gasteiger partial charge in [0.15, 0.2) is 0 Å². The molecule has 0 saturated carbocycles. The van der Waals surface area contributed by atoms with Crippen LogP contribution in [0.25, 0.3) is 0 Å². The predicted molar refractivity (Wildman–Crippen MR) is 264 cm³/mol. The molecule has 61 heavy (non-hydrogen) atoms. The van der Waals surface area contributed by atoms with Gasteiger partial charge in [0.1, 0.15) is 0 Å². The van der Waals surface area contributed by atoms with Gasteiger partial charge in [-0.3, -0.25) is 9.59 Å². The Morgan fingerprint density at radius 3 is 1.20 bits per heavy atom. The van der Waals surface area contributed by atoms with Crippen molar-refractivity contribution in [2.24, 2.45) is 0 Å². The minimum absolute atomic E-state index is 0.0336. The minimum atomic E-state index is -0.874. The summed E-state index contributed by atoms with van der Waals surface area (Å²) in [7, 11) is 0. The second-order valence-electron chi connectivity index (χ2n) is 18.6. The smallest absolute Gasteiger partial charge is 0.305 e. The summed E-state index contributed by atoms with van der Waals surface area (Å²) >= 11 is 0. The number of aliphatic hydroxyl groups excluding tert-OH is 2. The van der Waals surface area contributed by atoms with E-state index in [-0.39, 0.29) is 18.5 Å². The van der Waals surface area contributed by atoms with Crippen LogP contribution in [0.5, 0.6) is 0 Å². The van der Waals surface area contributed by atoms with Crippen LogP contribution < -0.4 is 5.32 Å². The van der Waals surface area contributed by atoms with Crippen molar-refractivity contribution in [3.05, 3.63) is 24.3 Å². The second-order valence-corrected chi connectivity index (χ2v) is 18.6. The SMILES string of the molecule is CCCCCCCCCCCCCCCCC/C=C/C(O)C(CO)NC(=O)CCC/C=C\CCCCCCOC(=O)CCCCCCCCCCCCCCCCCCCC. The van der Waals surface area contributed by atoms with Gasteiger partial charge in [0.05, 0.1) is 25.4 Å². The summed E-state index contributed by atoms with van der Waals surface area (Å²) in [6.45, 7) is 4.83. The van der Waals surface area contributed by atoms with Crippen molar-refractivity contribution in [3.63, 3.8) is 0 Å². The quantitative estimate of drug-likeness (QED) is 0.0322. The molecule has 6 nitrogen and oxygen atoms in total. The van der Waals surface area contributed by atoms with Gasteiger partial charge in [0.2, 0.25) is 5.91 Å². The number of carbonyl (C=O) groups is 2. The molecule has 0 aliphatic rings. The highest BCUT2D eigenvalue weighted by molar-refractivity contribution is 5.76. The summed E-state index contributed by atoms with van der Waals surface area (Å²) in [6.07, 6.45) is 60.5. The van der Waals surface area contributed by atoms with Crippen LogP contribution in [-0.2, 0) is 14.3 Å². The largest absolute Gasteiger partial charge is 0.466 e. The molecule has 0 radical (unpaired) electrons. The first-order valence-corrected chi connectivity index (χ1v) is 27.1. The molecular formula is C55H105NO5. The van der Waals surface area contributed by atoms with E-state index in [9.17, 15) is 19.8 Å². The number of amides is 1. The zero-order valence-electron chi connectivity index (χ0n) is 40.9. The first-order chi connectivity index (χ1) is 30.0. The fraction of sp³-hybridized carbons (Fsp3) is 0.891. The Bertz CT molecular complexity index is 951. The van der Waals surface area contributed by atoms with Crippen LogP contribution in [0, 0.1) is 0 Å². The Balaban J connectivity index is 3.54. The number of hydrogen-bond donors (Lipinski definition) is 3. The summed E-state index contributed by atoms with van der Waals surface area (Å²) in [5.41, 5.74) is 0. The predicted octanol–water partition coefficient (Wildman–Crippen LogP) is 16.3. The van der Waals surface area contributed by atoms with Crippen molar-refractivity contribution in [1.82, 2.24) is 5.32 Å². The summed E-state index contributed by atoms with van der Waals surface area (Å²) in [5, 5.41) is 23.0. The number of nitrogens with one attached hydrogen (secondary N) is 1. The fourth-order valence-corrected chi connectivity index (χ4v) is 8.28. The number of rotatable bonds is 50. The highest BCUT2D eigenvalue weighted by atomic mass is 16.5. The van der Waals surface area contributed by atoms with Crippen LogP contribution in [0.2, 0.25) is 0 Å². The lowest BCUT2D eigenvalue weighted by Crippen LogP contribution is -2.45. The van der Waals surface area contributed by atoms with Crippen LogP contribution in [0.1, 0.15) is 290 Å². The summed E-state index contributed by atoms with van der Waals surface area (Å²) in [5.74, 6) is -0.160. The topological polar surface area (TPSA) is 95.9 Å². The van der Waals surface area contributed by atoms with E-state index < -0.39 is 12.1 Å². The Morgan fingerprint density at radius 1 is 0.443 bits per heavy atom. The van der Waals surface area contributed by atoms with E-state index in [1.807, 2.05) is 6.08 Å². The van der Waals surface area contributed by atoms with E-state index >= 15 is 0 Å². The highest BCUT2D eigenvalue weighted by Crippen LogP contribution is 2.16. The van der Waals surface area contributed by atoms with Crippen molar-refractivity contribution in [2.75, 3.05) is 13.2 Å². The molecule has 0 aromatic rings. The molecule has 0 spiro atoms. The number of aliphatic hydroxyl groups is 2. The Labute approximate surface area is 380 Å². The molecule has 6 heteroatoms. The van der Waals surface area contributed by atoms with Crippen LogP contribution in [0.15, 0.2) is 24.3 Å². The first-order valence-electron chi connectivity index (χ1n) is 27.1. The maximum Gasteiger partial charge on any atom is 0.305 e. The van der Waals surface area contributed by atoms with E-state index in [1.54, 1.807) is 6.08 Å². The van der Waals surface area contributed by atoms with Crippen molar-refractivity contribution in [2.45, 2.75) is 302 Å². The molecule has 360 valence electrons. The van der Waals surface area contributed by atoms with Gasteiger partial charge < -0.3 is 20.3 Å². The van der Waals surface area contributed by atoms with E-state index in [2.05, 4.69) is 31.3 Å². The molecule has 0 saturated heterocycles. The summed E-state index contributed by atoms with van der Waals surface area (Å²) in [4.78, 5) is 24.5. The van der Waals surface area contributed by atoms with Crippen molar-refractivity contribution < 1.29 is 24.5 Å². The summed E-state index contributed by atoms with van der Waals surface area (Å²) < 4.78 is 5.45. The number of unbranched alkanes of at least 4 members (excludes halogenated alkanes) is 37. The lowest BCUT2D eigenvalue weighted by Gasteiger charge is -2.19. The molecule has 2 atom stereocenters. The maximum atomic E-state index is 12.4. The van der Waals surface area contributed by atoms with E-state index in [0.29, 0.717) is 19.4 Å². The van der Waals surface area contributed by atoms with Gasteiger partial charge in [-0.1, -0.05) is 250 Å². The third kappa shape index (κ3) is 47.7. The van der Waals surface area contributed by atoms with Crippen molar-refractivity contribution in [3.8, 4) is 0 Å². The first kappa shape index (κ1) is 59.3. The van der Waals surface area contributed by atoms with Gasteiger partial charge in [-0.2, -0.15) is 0 Å². The maximum absolute atomic E-state index is 12.4. The number of esters is 1. The molecule has 0 bridgehead atoms. The number of allylic oxidation sites excluding steroid dienone is 3. The Morgan fingerprint density at radius 2 is 0.787 bits per heavy atom. The number of hydrogen-bond acceptors (Lipinski definition) is 5. The monoisotopic (exact) mass is 860 g/mol. The van der Waals surface area contributed by atoms with Gasteiger partial charge in [0.25, 0.3) is 0 Å². The molecule has 1 amide bonds. The highest BCUT2D eigenvalue weighted by Gasteiger charge is 2.18. The third-order valence-electron chi connectivity index (χ3n) is 12.5. The zero-order chi connectivity index (χ0) is 44.4. The van der Waals surface area contributed by atoms with Crippen LogP contribution in [0.3, 0.4) is 0 Å². The average molecular weight is 860 g/mol. The average Bonchev–Trinajstić information content (AvgIpc) is 3.26. The lowest BCUT2D eigenvalue weighted by atomic mass is 10.0. The lowest BCUT2D eigenvalue weighted by molar-refractivity contribution is -0.143. The zero-order valence-corrected chi connectivity index (χ0v) is 40.9.